The van der Waals surface area contributed by atoms with Crippen LogP contribution in [0.15, 0.2) is 34.5 Å². The van der Waals surface area contributed by atoms with Gasteiger partial charge in [0.15, 0.2) is 0 Å². The van der Waals surface area contributed by atoms with Crippen LogP contribution < -0.4 is 0 Å². The second kappa shape index (κ2) is 6.75. The molecule has 0 bridgehead atoms. The molecule has 1 unspecified atom stereocenters. The van der Waals surface area contributed by atoms with Gasteiger partial charge in [-0.05, 0) is 48.9 Å². The Balaban J connectivity index is 1.84. The summed E-state index contributed by atoms with van der Waals surface area (Å²) in [5, 5.41) is 2.05. The third kappa shape index (κ3) is 3.01. The van der Waals surface area contributed by atoms with Gasteiger partial charge in [0.25, 0.3) is 0 Å². The number of nitrogens with zero attached hydrogens (tertiary/aromatic N) is 3. The summed E-state index contributed by atoms with van der Waals surface area (Å²) in [7, 11) is -3.63. The predicted octanol–water partition coefficient (Wildman–Crippen LogP) is 4.37. The van der Waals surface area contributed by atoms with E-state index in [2.05, 4.69) is 21.7 Å². The van der Waals surface area contributed by atoms with E-state index < -0.39 is 10.0 Å². The minimum Gasteiger partial charge on any atom is -0.207 e. The van der Waals surface area contributed by atoms with Crippen molar-refractivity contribution in [1.29, 1.82) is 0 Å². The highest BCUT2D eigenvalue weighted by molar-refractivity contribution is 7.89. The van der Waals surface area contributed by atoms with E-state index >= 15 is 0 Å². The zero-order chi connectivity index (χ0) is 17.4. The van der Waals surface area contributed by atoms with Crippen LogP contribution in [0.5, 0.6) is 0 Å². The highest BCUT2D eigenvalue weighted by Crippen LogP contribution is 2.39. The first-order valence-electron chi connectivity index (χ1n) is 8.36. The smallest absolute Gasteiger partial charge is 0.207 e. The van der Waals surface area contributed by atoms with Crippen molar-refractivity contribution in [3.05, 3.63) is 40.1 Å². The lowest BCUT2D eigenvalue weighted by Crippen LogP contribution is -2.34. The van der Waals surface area contributed by atoms with Gasteiger partial charge in [0, 0.05) is 11.4 Å². The molecule has 5 nitrogen and oxygen atoms in total. The molecule has 1 saturated heterocycles. The van der Waals surface area contributed by atoms with Crippen molar-refractivity contribution in [1.82, 2.24) is 13.1 Å². The molecule has 3 heterocycles. The second-order valence-corrected chi connectivity index (χ2v) is 9.67. The zero-order valence-corrected chi connectivity index (χ0v) is 16.3. The molecule has 4 rings (SSSR count). The summed E-state index contributed by atoms with van der Waals surface area (Å²) >= 11 is 2.71. The van der Waals surface area contributed by atoms with Crippen molar-refractivity contribution in [2.45, 2.75) is 43.5 Å². The molecule has 8 heteroatoms. The van der Waals surface area contributed by atoms with Crippen LogP contribution in [-0.2, 0) is 10.0 Å². The molecule has 0 radical (unpaired) electrons. The number of thiophene rings is 1. The number of aromatic nitrogens is 2. The van der Waals surface area contributed by atoms with Crippen LogP contribution in [0.1, 0.15) is 42.2 Å². The molecule has 0 spiro atoms. The monoisotopic (exact) mass is 393 g/mol. The molecule has 0 amide bonds. The Bertz CT molecular complexity index is 993. The largest absolute Gasteiger partial charge is 0.245 e. The van der Waals surface area contributed by atoms with Gasteiger partial charge in [0.2, 0.25) is 10.0 Å². The minimum atomic E-state index is -3.63. The molecule has 3 aromatic rings. The van der Waals surface area contributed by atoms with E-state index in [1.807, 2.05) is 5.38 Å². The van der Waals surface area contributed by atoms with E-state index in [4.69, 9.17) is 0 Å². The van der Waals surface area contributed by atoms with Gasteiger partial charge < -0.3 is 0 Å². The Morgan fingerprint density at radius 2 is 2.04 bits per heavy atom. The average molecular weight is 394 g/mol. The van der Waals surface area contributed by atoms with Crippen LogP contribution in [-0.4, -0.2) is 28.0 Å². The van der Waals surface area contributed by atoms with Gasteiger partial charge in [-0.1, -0.05) is 18.9 Å². The molecule has 1 aliphatic heterocycles. The van der Waals surface area contributed by atoms with Gasteiger partial charge in [-0.25, -0.2) is 8.42 Å². The normalized spacial score (nSPS) is 20.0. The molecule has 1 atom stereocenters. The molecule has 0 N–H and O–H groups in total. The molecule has 2 aromatic heterocycles. The standard InChI is InChI=1S/C17H19N3O2S3/c1-12-9-11-23-17(12)14-7-3-2-4-10-20(14)25(21,22)15-8-5-6-13-16(15)19-24-18-13/h5-6,8-9,11,14H,2-4,7,10H2,1H3. The summed E-state index contributed by atoms with van der Waals surface area (Å²) in [5.74, 6) is 0. The lowest BCUT2D eigenvalue weighted by atomic mass is 10.1. The number of aryl methyl sites for hydroxylation is 1. The molecular formula is C17H19N3O2S3. The molecule has 1 fully saturated rings. The highest BCUT2D eigenvalue weighted by atomic mass is 32.2. The summed E-state index contributed by atoms with van der Waals surface area (Å²) < 4.78 is 37.2. The maximum Gasteiger partial charge on any atom is 0.245 e. The van der Waals surface area contributed by atoms with Crippen molar-refractivity contribution >= 4 is 44.1 Å². The van der Waals surface area contributed by atoms with Crippen molar-refractivity contribution in [2.75, 3.05) is 6.54 Å². The lowest BCUT2D eigenvalue weighted by Gasteiger charge is -2.29. The van der Waals surface area contributed by atoms with Crippen LogP contribution in [0.4, 0.5) is 0 Å². The first kappa shape index (κ1) is 17.1. The van der Waals surface area contributed by atoms with Crippen LogP contribution in [0.2, 0.25) is 0 Å². The maximum absolute atomic E-state index is 13.5. The fourth-order valence-electron chi connectivity index (χ4n) is 3.47. The van der Waals surface area contributed by atoms with Crippen molar-refractivity contribution < 1.29 is 8.42 Å². The van der Waals surface area contributed by atoms with Crippen LogP contribution in [0.25, 0.3) is 11.0 Å². The van der Waals surface area contributed by atoms with E-state index in [1.165, 1.54) is 5.56 Å². The Hall–Kier alpha value is -1.35. The summed E-state index contributed by atoms with van der Waals surface area (Å²) in [6.07, 6.45) is 3.88. The number of sulfonamides is 1. The average Bonchev–Trinajstić information content (AvgIpc) is 3.17. The van der Waals surface area contributed by atoms with Crippen molar-refractivity contribution in [3.63, 3.8) is 0 Å². The van der Waals surface area contributed by atoms with Crippen molar-refractivity contribution in [3.8, 4) is 0 Å². The molecule has 0 aliphatic carbocycles. The van der Waals surface area contributed by atoms with E-state index in [9.17, 15) is 8.42 Å². The minimum absolute atomic E-state index is 0.0886. The number of rotatable bonds is 3. The van der Waals surface area contributed by atoms with Crippen LogP contribution >= 0.6 is 23.1 Å². The van der Waals surface area contributed by atoms with Gasteiger partial charge >= 0.3 is 0 Å². The Kier molecular flexibility index (Phi) is 4.61. The fraction of sp³-hybridized carbons (Fsp3) is 0.412. The Morgan fingerprint density at radius 3 is 2.84 bits per heavy atom. The third-order valence-corrected chi connectivity index (χ3v) is 8.35. The number of benzene rings is 1. The van der Waals surface area contributed by atoms with E-state index in [1.54, 1.807) is 33.8 Å². The molecule has 0 saturated carbocycles. The van der Waals surface area contributed by atoms with Crippen LogP contribution in [0, 0.1) is 6.92 Å². The van der Waals surface area contributed by atoms with Crippen LogP contribution in [0.3, 0.4) is 0 Å². The molecule has 132 valence electrons. The van der Waals surface area contributed by atoms with E-state index in [0.29, 0.717) is 17.6 Å². The van der Waals surface area contributed by atoms with Gasteiger partial charge in [0.05, 0.1) is 17.8 Å². The number of hydrogen-bond donors (Lipinski definition) is 0. The number of fused-ring (bicyclic) bond motifs is 1. The number of hydrogen-bond acceptors (Lipinski definition) is 6. The predicted molar refractivity (Wildman–Crippen MR) is 102 cm³/mol. The van der Waals surface area contributed by atoms with Gasteiger partial charge in [-0.15, -0.1) is 11.3 Å². The van der Waals surface area contributed by atoms with Gasteiger partial charge in [-0.2, -0.15) is 13.1 Å². The molecule has 1 aliphatic rings. The Morgan fingerprint density at radius 1 is 1.16 bits per heavy atom. The van der Waals surface area contributed by atoms with E-state index in [0.717, 1.165) is 42.3 Å². The SMILES string of the molecule is Cc1ccsc1C1CCCCCN1S(=O)(=O)c1cccc2nsnc12. The summed E-state index contributed by atoms with van der Waals surface area (Å²) in [5.41, 5.74) is 2.30. The summed E-state index contributed by atoms with van der Waals surface area (Å²) in [6, 6.07) is 7.19. The topological polar surface area (TPSA) is 63.2 Å². The molecule has 1 aromatic carbocycles. The third-order valence-electron chi connectivity index (χ3n) is 4.74. The quantitative estimate of drug-likeness (QED) is 0.663. The van der Waals surface area contributed by atoms with Gasteiger partial charge in [-0.3, -0.25) is 0 Å². The first-order chi connectivity index (χ1) is 12.1. The lowest BCUT2D eigenvalue weighted by molar-refractivity contribution is 0.332. The van der Waals surface area contributed by atoms with Crippen molar-refractivity contribution in [2.24, 2.45) is 0 Å². The van der Waals surface area contributed by atoms with Gasteiger partial charge in [0.1, 0.15) is 15.9 Å². The second-order valence-electron chi connectivity index (χ2n) is 6.34. The Labute approximate surface area is 155 Å². The fourth-order valence-corrected chi connectivity index (χ4v) is 7.04. The zero-order valence-electron chi connectivity index (χ0n) is 13.9. The van der Waals surface area contributed by atoms with E-state index in [-0.39, 0.29) is 10.9 Å². The molecular weight excluding hydrogens is 374 g/mol. The highest BCUT2D eigenvalue weighted by Gasteiger charge is 2.36. The maximum atomic E-state index is 13.5. The summed E-state index contributed by atoms with van der Waals surface area (Å²) in [6.45, 7) is 2.62. The summed E-state index contributed by atoms with van der Waals surface area (Å²) in [4.78, 5) is 1.44. The molecule has 25 heavy (non-hydrogen) atoms. The first-order valence-corrected chi connectivity index (χ1v) is 11.4.